The number of hydrogen-bond acceptors (Lipinski definition) is 1. The van der Waals surface area contributed by atoms with E-state index in [4.69, 9.17) is 16.7 Å². The summed E-state index contributed by atoms with van der Waals surface area (Å²) in [4.78, 5) is 10.6. The van der Waals surface area contributed by atoms with Crippen molar-refractivity contribution in [3.8, 4) is 0 Å². The first-order valence-corrected chi connectivity index (χ1v) is 5.39. The molecule has 1 aromatic carbocycles. The fourth-order valence-corrected chi connectivity index (χ4v) is 1.95. The number of carboxylic acid groups (broad SMARTS) is 1. The standard InChI is InChI=1S/C12H14ClFO2/c1-6(5-10(15)16)9-4-7(2)11(13)12(14)8(9)3/h4,6H,5H2,1-3H3,(H,15,16). The first-order chi connectivity index (χ1) is 7.34. The van der Waals surface area contributed by atoms with E-state index in [-0.39, 0.29) is 17.4 Å². The minimum absolute atomic E-state index is 0.0125. The van der Waals surface area contributed by atoms with E-state index >= 15 is 0 Å². The molecule has 0 aliphatic rings. The van der Waals surface area contributed by atoms with Gasteiger partial charge in [-0.3, -0.25) is 4.79 Å². The van der Waals surface area contributed by atoms with Gasteiger partial charge in [0.05, 0.1) is 11.4 Å². The predicted octanol–water partition coefficient (Wildman–Crippen LogP) is 3.67. The summed E-state index contributed by atoms with van der Waals surface area (Å²) in [7, 11) is 0. The Kier molecular flexibility index (Phi) is 3.92. The van der Waals surface area contributed by atoms with E-state index in [1.165, 1.54) is 0 Å². The quantitative estimate of drug-likeness (QED) is 0.881. The van der Waals surface area contributed by atoms with Crippen LogP contribution in [0.25, 0.3) is 0 Å². The average molecular weight is 245 g/mol. The third kappa shape index (κ3) is 2.53. The van der Waals surface area contributed by atoms with E-state index < -0.39 is 11.8 Å². The molecule has 0 bridgehead atoms. The zero-order valence-corrected chi connectivity index (χ0v) is 10.2. The van der Waals surface area contributed by atoms with Gasteiger partial charge in [0.25, 0.3) is 0 Å². The zero-order valence-electron chi connectivity index (χ0n) is 9.47. The molecule has 0 aromatic heterocycles. The van der Waals surface area contributed by atoms with Crippen LogP contribution in [0, 0.1) is 19.7 Å². The number of halogens is 2. The van der Waals surface area contributed by atoms with Gasteiger partial charge in [0.2, 0.25) is 0 Å². The molecule has 1 aromatic rings. The molecule has 1 atom stereocenters. The normalized spacial score (nSPS) is 12.6. The van der Waals surface area contributed by atoms with Gasteiger partial charge in [-0.05, 0) is 36.5 Å². The number of benzene rings is 1. The molecule has 16 heavy (non-hydrogen) atoms. The van der Waals surface area contributed by atoms with Crippen molar-refractivity contribution in [2.45, 2.75) is 33.1 Å². The first kappa shape index (κ1) is 13.0. The number of carboxylic acids is 1. The SMILES string of the molecule is Cc1cc(C(C)CC(=O)O)c(C)c(F)c1Cl. The molecule has 4 heteroatoms. The van der Waals surface area contributed by atoms with Crippen molar-refractivity contribution in [2.75, 3.05) is 0 Å². The molecular weight excluding hydrogens is 231 g/mol. The van der Waals surface area contributed by atoms with Crippen molar-refractivity contribution in [3.63, 3.8) is 0 Å². The van der Waals surface area contributed by atoms with Gasteiger partial charge in [0.15, 0.2) is 0 Å². The zero-order chi connectivity index (χ0) is 12.5. The second kappa shape index (κ2) is 4.83. The topological polar surface area (TPSA) is 37.3 Å². The van der Waals surface area contributed by atoms with Crippen molar-refractivity contribution in [2.24, 2.45) is 0 Å². The molecule has 1 unspecified atom stereocenters. The van der Waals surface area contributed by atoms with Gasteiger partial charge in [0.1, 0.15) is 5.82 Å². The minimum Gasteiger partial charge on any atom is -0.481 e. The molecule has 88 valence electrons. The lowest BCUT2D eigenvalue weighted by Crippen LogP contribution is -2.06. The Bertz CT molecular complexity index is 430. The molecule has 0 saturated heterocycles. The number of rotatable bonds is 3. The Hall–Kier alpha value is -1.09. The molecule has 0 aliphatic carbocycles. The minimum atomic E-state index is -0.889. The van der Waals surface area contributed by atoms with E-state index in [1.54, 1.807) is 26.8 Å². The molecule has 0 radical (unpaired) electrons. The van der Waals surface area contributed by atoms with Crippen LogP contribution in [-0.2, 0) is 4.79 Å². The maximum Gasteiger partial charge on any atom is 0.303 e. The van der Waals surface area contributed by atoms with Crippen molar-refractivity contribution in [3.05, 3.63) is 33.6 Å². The summed E-state index contributed by atoms with van der Waals surface area (Å²) in [5.74, 6) is -1.56. The third-order valence-electron chi connectivity index (χ3n) is 2.68. The van der Waals surface area contributed by atoms with Crippen molar-refractivity contribution in [1.29, 1.82) is 0 Å². The van der Waals surface area contributed by atoms with Gasteiger partial charge in [-0.2, -0.15) is 0 Å². The number of aliphatic carboxylic acids is 1. The molecule has 0 heterocycles. The Morgan fingerprint density at radius 2 is 2.12 bits per heavy atom. The van der Waals surface area contributed by atoms with Crippen LogP contribution in [-0.4, -0.2) is 11.1 Å². The van der Waals surface area contributed by atoms with Crippen LogP contribution >= 0.6 is 11.6 Å². The highest BCUT2D eigenvalue weighted by Gasteiger charge is 2.17. The van der Waals surface area contributed by atoms with Crippen LogP contribution in [0.4, 0.5) is 4.39 Å². The van der Waals surface area contributed by atoms with Crippen molar-refractivity contribution < 1.29 is 14.3 Å². The molecule has 0 fully saturated rings. The van der Waals surface area contributed by atoms with E-state index in [2.05, 4.69) is 0 Å². The summed E-state index contributed by atoms with van der Waals surface area (Å²) in [5.41, 5.74) is 1.78. The summed E-state index contributed by atoms with van der Waals surface area (Å²) in [6, 6.07) is 1.76. The lowest BCUT2D eigenvalue weighted by Gasteiger charge is -2.15. The third-order valence-corrected chi connectivity index (χ3v) is 3.15. The lowest BCUT2D eigenvalue weighted by atomic mass is 9.92. The Morgan fingerprint density at radius 3 is 2.62 bits per heavy atom. The van der Waals surface area contributed by atoms with Crippen LogP contribution in [0.3, 0.4) is 0 Å². The van der Waals surface area contributed by atoms with Gasteiger partial charge in [-0.25, -0.2) is 4.39 Å². The molecule has 0 saturated carbocycles. The van der Waals surface area contributed by atoms with Gasteiger partial charge >= 0.3 is 5.97 Å². The number of carbonyl (C=O) groups is 1. The van der Waals surface area contributed by atoms with Crippen LogP contribution in [0.2, 0.25) is 5.02 Å². The highest BCUT2D eigenvalue weighted by Crippen LogP contribution is 2.31. The molecule has 0 spiro atoms. The van der Waals surface area contributed by atoms with Gasteiger partial charge in [-0.15, -0.1) is 0 Å². The molecule has 2 nitrogen and oxygen atoms in total. The largest absolute Gasteiger partial charge is 0.481 e. The molecule has 0 amide bonds. The van der Waals surface area contributed by atoms with E-state index in [0.29, 0.717) is 16.7 Å². The summed E-state index contributed by atoms with van der Waals surface area (Å²) in [6.07, 6.45) is -0.0125. The van der Waals surface area contributed by atoms with E-state index in [1.807, 2.05) is 0 Å². The number of hydrogen-bond donors (Lipinski definition) is 1. The molecule has 0 aliphatic heterocycles. The lowest BCUT2D eigenvalue weighted by molar-refractivity contribution is -0.137. The number of aryl methyl sites for hydroxylation is 1. The monoisotopic (exact) mass is 244 g/mol. The van der Waals surface area contributed by atoms with E-state index in [0.717, 1.165) is 0 Å². The highest BCUT2D eigenvalue weighted by molar-refractivity contribution is 6.31. The highest BCUT2D eigenvalue weighted by atomic mass is 35.5. The molecular formula is C12H14ClFO2. The van der Waals surface area contributed by atoms with Crippen molar-refractivity contribution in [1.82, 2.24) is 0 Å². The smallest absolute Gasteiger partial charge is 0.303 e. The maximum absolute atomic E-state index is 13.7. The molecule has 1 N–H and O–H groups in total. The Balaban J connectivity index is 3.19. The maximum atomic E-state index is 13.7. The van der Waals surface area contributed by atoms with Gasteiger partial charge in [0, 0.05) is 0 Å². The predicted molar refractivity (Wildman–Crippen MR) is 61.6 cm³/mol. The van der Waals surface area contributed by atoms with Crippen LogP contribution in [0.15, 0.2) is 6.07 Å². The fourth-order valence-electron chi connectivity index (χ4n) is 1.75. The summed E-state index contributed by atoms with van der Waals surface area (Å²) >= 11 is 5.77. The fraction of sp³-hybridized carbons (Fsp3) is 0.417. The Morgan fingerprint density at radius 1 is 1.56 bits per heavy atom. The van der Waals surface area contributed by atoms with Gasteiger partial charge in [-0.1, -0.05) is 24.6 Å². The Labute approximate surface area is 99.0 Å². The second-order valence-electron chi connectivity index (χ2n) is 4.03. The first-order valence-electron chi connectivity index (χ1n) is 5.01. The van der Waals surface area contributed by atoms with Gasteiger partial charge < -0.3 is 5.11 Å². The van der Waals surface area contributed by atoms with Crippen molar-refractivity contribution >= 4 is 17.6 Å². The summed E-state index contributed by atoms with van der Waals surface area (Å²) < 4.78 is 13.7. The summed E-state index contributed by atoms with van der Waals surface area (Å²) in [5, 5.41) is 8.82. The van der Waals surface area contributed by atoms with Crippen LogP contribution in [0.1, 0.15) is 36.0 Å². The second-order valence-corrected chi connectivity index (χ2v) is 4.41. The molecule has 1 rings (SSSR count). The van der Waals surface area contributed by atoms with E-state index in [9.17, 15) is 9.18 Å². The average Bonchev–Trinajstić information content (AvgIpc) is 2.19. The summed E-state index contributed by atoms with van der Waals surface area (Å²) in [6.45, 7) is 5.10. The van der Waals surface area contributed by atoms with Crippen LogP contribution < -0.4 is 0 Å². The van der Waals surface area contributed by atoms with Crippen LogP contribution in [0.5, 0.6) is 0 Å².